The summed E-state index contributed by atoms with van der Waals surface area (Å²) in [4.78, 5) is 41.9. The first-order valence-corrected chi connectivity index (χ1v) is 13.1. The van der Waals surface area contributed by atoms with E-state index in [0.717, 1.165) is 5.56 Å². The summed E-state index contributed by atoms with van der Waals surface area (Å²) in [5, 5.41) is 9.85. The molecule has 1 atom stereocenters. The number of aryl methyl sites for hydroxylation is 2. The molecule has 0 aliphatic carbocycles. The van der Waals surface area contributed by atoms with Crippen molar-refractivity contribution in [3.63, 3.8) is 0 Å². The van der Waals surface area contributed by atoms with Crippen molar-refractivity contribution >= 4 is 40.8 Å². The van der Waals surface area contributed by atoms with Crippen LogP contribution in [0.1, 0.15) is 69.9 Å². The van der Waals surface area contributed by atoms with Crippen LogP contribution in [-0.2, 0) is 20.8 Å². The van der Waals surface area contributed by atoms with E-state index in [1.807, 2.05) is 52.0 Å². The predicted octanol–water partition coefficient (Wildman–Crippen LogP) is 6.00. The molecule has 1 heterocycles. The second kappa shape index (κ2) is 12.7. The quantitative estimate of drug-likeness (QED) is 0.311. The molecule has 0 saturated carbocycles. The van der Waals surface area contributed by atoms with Crippen LogP contribution in [0.4, 0.5) is 11.5 Å². The summed E-state index contributed by atoms with van der Waals surface area (Å²) in [5.74, 6) is -0.287. The predicted molar refractivity (Wildman–Crippen MR) is 149 cm³/mol. The smallest absolute Gasteiger partial charge is 0.248 e. The molecule has 0 unspecified atom stereocenters. The van der Waals surface area contributed by atoms with Crippen LogP contribution in [0.3, 0.4) is 0 Å². The molecule has 0 fully saturated rings. The van der Waals surface area contributed by atoms with Crippen LogP contribution in [-0.4, -0.2) is 28.4 Å². The van der Waals surface area contributed by atoms with Gasteiger partial charge in [0, 0.05) is 40.7 Å². The molecule has 0 bridgehead atoms. The number of carbonyl (C=O) groups excluding carboxylic acids is 3. The van der Waals surface area contributed by atoms with Crippen molar-refractivity contribution in [3.05, 3.63) is 76.5 Å². The third kappa shape index (κ3) is 7.22. The Balaban J connectivity index is 2.02. The number of hydrogen-bond acceptors (Lipinski definition) is 5. The molecule has 0 spiro atoms. The second-order valence-electron chi connectivity index (χ2n) is 9.77. The number of nitrogens with zero attached hydrogens (tertiary/aromatic N) is 2. The van der Waals surface area contributed by atoms with Gasteiger partial charge in [-0.05, 0) is 51.3 Å². The first kappa shape index (κ1) is 28.9. The fraction of sp³-hybridized carbons (Fsp3) is 0.379. The maximum Gasteiger partial charge on any atom is 0.248 e. The Morgan fingerprint density at radius 1 is 1.05 bits per heavy atom. The van der Waals surface area contributed by atoms with Gasteiger partial charge in [0.1, 0.15) is 11.8 Å². The second-order valence-corrected chi connectivity index (χ2v) is 10.2. The van der Waals surface area contributed by atoms with E-state index in [9.17, 15) is 14.4 Å². The number of anilines is 2. The van der Waals surface area contributed by atoms with Gasteiger partial charge >= 0.3 is 0 Å². The van der Waals surface area contributed by atoms with Gasteiger partial charge in [0.15, 0.2) is 5.82 Å². The zero-order valence-corrected chi connectivity index (χ0v) is 23.3. The van der Waals surface area contributed by atoms with Crippen LogP contribution in [0, 0.1) is 6.92 Å². The molecule has 9 heteroatoms. The van der Waals surface area contributed by atoms with Crippen LogP contribution in [0.5, 0.6) is 0 Å². The molecule has 0 aliphatic rings. The van der Waals surface area contributed by atoms with Crippen molar-refractivity contribution < 1.29 is 18.9 Å². The van der Waals surface area contributed by atoms with Crippen molar-refractivity contribution in [2.24, 2.45) is 0 Å². The average Bonchev–Trinajstić information content (AvgIpc) is 3.30. The summed E-state index contributed by atoms with van der Waals surface area (Å²) >= 11 is 6.60. The standard InChI is InChI=1S/C29H35ClN4O4/c1-6-20-12-8-11-15-23(20)34(26(36)17-16-25(35)31-24-18-19(3)38-33-24)27(21-13-9-10-14-22(21)30)28(37)32-29(4,5)7-2/h8-15,18,27H,6-7,16-17H2,1-5H3,(H,32,37)(H,31,33,35)/t27-/m0/s1. The molecule has 202 valence electrons. The van der Waals surface area contributed by atoms with Gasteiger partial charge in [0.05, 0.1) is 0 Å². The van der Waals surface area contributed by atoms with Gasteiger partial charge in [-0.25, -0.2) is 0 Å². The van der Waals surface area contributed by atoms with Gasteiger partial charge in [-0.15, -0.1) is 0 Å². The van der Waals surface area contributed by atoms with Crippen LogP contribution >= 0.6 is 11.6 Å². The molecule has 3 aromatic rings. The van der Waals surface area contributed by atoms with Crippen molar-refractivity contribution in [2.75, 3.05) is 10.2 Å². The van der Waals surface area contributed by atoms with Gasteiger partial charge in [0.25, 0.3) is 0 Å². The molecule has 3 rings (SSSR count). The van der Waals surface area contributed by atoms with Crippen LogP contribution in [0.15, 0.2) is 59.1 Å². The molecule has 0 aliphatic heterocycles. The highest BCUT2D eigenvalue weighted by atomic mass is 35.5. The number of amides is 3. The Hall–Kier alpha value is -3.65. The number of para-hydroxylation sites is 1. The minimum absolute atomic E-state index is 0.104. The van der Waals surface area contributed by atoms with E-state index < -0.39 is 11.6 Å². The summed E-state index contributed by atoms with van der Waals surface area (Å²) < 4.78 is 4.98. The monoisotopic (exact) mass is 538 g/mol. The summed E-state index contributed by atoms with van der Waals surface area (Å²) in [7, 11) is 0. The summed E-state index contributed by atoms with van der Waals surface area (Å²) in [6.45, 7) is 9.54. The molecule has 2 N–H and O–H groups in total. The number of halogens is 1. The Morgan fingerprint density at radius 2 is 1.74 bits per heavy atom. The summed E-state index contributed by atoms with van der Waals surface area (Å²) in [5.41, 5.74) is 1.48. The zero-order chi connectivity index (χ0) is 27.9. The van der Waals surface area contributed by atoms with Gasteiger partial charge in [-0.1, -0.05) is 67.0 Å². The summed E-state index contributed by atoms with van der Waals surface area (Å²) in [6.07, 6.45) is 1.09. The van der Waals surface area contributed by atoms with Crippen molar-refractivity contribution in [1.82, 2.24) is 10.5 Å². The Labute approximate surface area is 228 Å². The maximum atomic E-state index is 13.9. The third-order valence-corrected chi connectivity index (χ3v) is 6.76. The fourth-order valence-corrected chi connectivity index (χ4v) is 4.26. The topological polar surface area (TPSA) is 105 Å². The average molecular weight is 539 g/mol. The van der Waals surface area contributed by atoms with Crippen molar-refractivity contribution in [3.8, 4) is 0 Å². The lowest BCUT2D eigenvalue weighted by Crippen LogP contribution is -2.50. The van der Waals surface area contributed by atoms with E-state index >= 15 is 0 Å². The number of benzene rings is 2. The molecule has 8 nitrogen and oxygen atoms in total. The first-order valence-electron chi connectivity index (χ1n) is 12.8. The molecule has 3 amide bonds. The SMILES string of the molecule is CCc1ccccc1N(C(=O)CCC(=O)Nc1cc(C)on1)[C@H](C(=O)NC(C)(C)CC)c1ccccc1Cl. The minimum Gasteiger partial charge on any atom is -0.360 e. The molecule has 38 heavy (non-hydrogen) atoms. The molecular weight excluding hydrogens is 504 g/mol. The Morgan fingerprint density at radius 3 is 2.37 bits per heavy atom. The van der Waals surface area contributed by atoms with Gasteiger partial charge in [-0.2, -0.15) is 0 Å². The lowest BCUT2D eigenvalue weighted by molar-refractivity contribution is -0.128. The summed E-state index contributed by atoms with van der Waals surface area (Å²) in [6, 6.07) is 15.0. The normalized spacial score (nSPS) is 12.1. The highest BCUT2D eigenvalue weighted by Crippen LogP contribution is 2.35. The van der Waals surface area contributed by atoms with Crippen LogP contribution in [0.2, 0.25) is 5.02 Å². The minimum atomic E-state index is -1.05. The molecule has 0 saturated heterocycles. The molecule has 0 radical (unpaired) electrons. The zero-order valence-electron chi connectivity index (χ0n) is 22.5. The van der Waals surface area contributed by atoms with E-state index in [4.69, 9.17) is 16.1 Å². The van der Waals surface area contributed by atoms with Crippen LogP contribution < -0.4 is 15.5 Å². The van der Waals surface area contributed by atoms with E-state index in [1.54, 1.807) is 37.3 Å². The molecule has 2 aromatic carbocycles. The third-order valence-electron chi connectivity index (χ3n) is 6.41. The highest BCUT2D eigenvalue weighted by molar-refractivity contribution is 6.31. The number of carbonyl (C=O) groups is 3. The molecule has 1 aromatic heterocycles. The van der Waals surface area contributed by atoms with Gasteiger partial charge < -0.3 is 15.2 Å². The number of hydrogen-bond donors (Lipinski definition) is 2. The van der Waals surface area contributed by atoms with Gasteiger partial charge in [-0.3, -0.25) is 19.3 Å². The number of aromatic nitrogens is 1. The van der Waals surface area contributed by atoms with E-state index in [0.29, 0.717) is 34.9 Å². The largest absolute Gasteiger partial charge is 0.360 e. The van der Waals surface area contributed by atoms with Crippen molar-refractivity contribution in [1.29, 1.82) is 0 Å². The first-order chi connectivity index (χ1) is 18.1. The molecular formula is C29H35ClN4O4. The lowest BCUT2D eigenvalue weighted by atomic mass is 9.97. The highest BCUT2D eigenvalue weighted by Gasteiger charge is 2.36. The lowest BCUT2D eigenvalue weighted by Gasteiger charge is -2.36. The fourth-order valence-electron chi connectivity index (χ4n) is 4.02. The number of nitrogens with one attached hydrogen (secondary N) is 2. The van der Waals surface area contributed by atoms with Crippen molar-refractivity contribution in [2.45, 2.75) is 71.9 Å². The van der Waals surface area contributed by atoms with Gasteiger partial charge in [0.2, 0.25) is 17.7 Å². The van der Waals surface area contributed by atoms with Crippen LogP contribution in [0.25, 0.3) is 0 Å². The Bertz CT molecular complexity index is 1290. The van der Waals surface area contributed by atoms with E-state index in [-0.39, 0.29) is 36.4 Å². The number of rotatable bonds is 11. The van der Waals surface area contributed by atoms with E-state index in [2.05, 4.69) is 15.8 Å². The maximum absolute atomic E-state index is 13.9. The van der Waals surface area contributed by atoms with E-state index in [1.165, 1.54) is 4.90 Å². The Kier molecular flexibility index (Phi) is 9.69.